The van der Waals surface area contributed by atoms with Crippen molar-refractivity contribution in [3.8, 4) is 22.5 Å². The Morgan fingerprint density at radius 1 is 0.955 bits per heavy atom. The standard InChI is InChI=1S/C19H16O3/c1-13-12-17(18(22-13)15-6-4-3-5-7-15)14-8-10-16(11-9-14)19(20)21-2/h3-12H,1-2H3. The average molecular weight is 292 g/mol. The SMILES string of the molecule is COC(=O)c1ccc(-c2cc(C)oc2-c2ccccc2)cc1. The fourth-order valence-electron chi connectivity index (χ4n) is 2.44. The molecule has 0 aliphatic carbocycles. The van der Waals surface area contributed by atoms with E-state index >= 15 is 0 Å². The molecule has 3 nitrogen and oxygen atoms in total. The molecule has 0 saturated carbocycles. The number of carbonyl (C=O) groups excluding carboxylic acids is 1. The first-order chi connectivity index (χ1) is 10.7. The summed E-state index contributed by atoms with van der Waals surface area (Å²) in [6.07, 6.45) is 0. The first-order valence-corrected chi connectivity index (χ1v) is 7.03. The van der Waals surface area contributed by atoms with Gasteiger partial charge in [-0.25, -0.2) is 4.79 Å². The fraction of sp³-hybridized carbons (Fsp3) is 0.105. The summed E-state index contributed by atoms with van der Waals surface area (Å²) in [7, 11) is 1.38. The van der Waals surface area contributed by atoms with Gasteiger partial charge in [-0.3, -0.25) is 0 Å². The van der Waals surface area contributed by atoms with Crippen LogP contribution in [-0.2, 0) is 4.74 Å². The smallest absolute Gasteiger partial charge is 0.337 e. The molecular weight excluding hydrogens is 276 g/mol. The zero-order valence-electron chi connectivity index (χ0n) is 12.5. The van der Waals surface area contributed by atoms with E-state index in [2.05, 4.69) is 0 Å². The zero-order chi connectivity index (χ0) is 15.5. The maximum absolute atomic E-state index is 11.5. The van der Waals surface area contributed by atoms with E-state index in [0.717, 1.165) is 28.2 Å². The molecule has 0 atom stereocenters. The molecule has 0 unspecified atom stereocenters. The van der Waals surface area contributed by atoms with Gasteiger partial charge in [0.1, 0.15) is 11.5 Å². The number of aryl methyl sites for hydroxylation is 1. The second-order valence-corrected chi connectivity index (χ2v) is 5.03. The van der Waals surface area contributed by atoms with E-state index in [4.69, 9.17) is 9.15 Å². The van der Waals surface area contributed by atoms with E-state index in [-0.39, 0.29) is 5.97 Å². The summed E-state index contributed by atoms with van der Waals surface area (Å²) in [4.78, 5) is 11.5. The molecule has 1 aromatic heterocycles. The molecule has 3 aromatic rings. The van der Waals surface area contributed by atoms with Crippen LogP contribution in [0.4, 0.5) is 0 Å². The second kappa shape index (κ2) is 5.90. The highest BCUT2D eigenvalue weighted by atomic mass is 16.5. The van der Waals surface area contributed by atoms with Crippen LogP contribution in [-0.4, -0.2) is 13.1 Å². The first-order valence-electron chi connectivity index (χ1n) is 7.03. The monoisotopic (exact) mass is 292 g/mol. The van der Waals surface area contributed by atoms with Gasteiger partial charge in [-0.1, -0.05) is 42.5 Å². The van der Waals surface area contributed by atoms with Crippen molar-refractivity contribution < 1.29 is 13.9 Å². The molecular formula is C19H16O3. The second-order valence-electron chi connectivity index (χ2n) is 5.03. The number of furan rings is 1. The third kappa shape index (κ3) is 2.66. The van der Waals surface area contributed by atoms with Crippen LogP contribution in [0.3, 0.4) is 0 Å². The van der Waals surface area contributed by atoms with Crippen LogP contribution in [0.25, 0.3) is 22.5 Å². The summed E-state index contributed by atoms with van der Waals surface area (Å²) in [6.45, 7) is 1.93. The predicted octanol–water partition coefficient (Wildman–Crippen LogP) is 4.71. The Morgan fingerprint density at radius 2 is 1.64 bits per heavy atom. The molecule has 0 spiro atoms. The lowest BCUT2D eigenvalue weighted by molar-refractivity contribution is 0.0601. The number of ether oxygens (including phenoxy) is 1. The summed E-state index contributed by atoms with van der Waals surface area (Å²) in [5, 5.41) is 0. The van der Waals surface area contributed by atoms with Crippen molar-refractivity contribution in [1.29, 1.82) is 0 Å². The highest BCUT2D eigenvalue weighted by Crippen LogP contribution is 2.35. The summed E-state index contributed by atoms with van der Waals surface area (Å²) >= 11 is 0. The van der Waals surface area contributed by atoms with Crippen molar-refractivity contribution in [2.24, 2.45) is 0 Å². The van der Waals surface area contributed by atoms with Crippen LogP contribution in [0.15, 0.2) is 65.1 Å². The Labute approximate surface area is 129 Å². The van der Waals surface area contributed by atoms with Crippen molar-refractivity contribution in [3.63, 3.8) is 0 Å². The third-order valence-corrected chi connectivity index (χ3v) is 3.51. The number of rotatable bonds is 3. The van der Waals surface area contributed by atoms with Gasteiger partial charge in [-0.15, -0.1) is 0 Å². The molecule has 0 aliphatic rings. The molecule has 0 bridgehead atoms. The molecule has 0 amide bonds. The van der Waals surface area contributed by atoms with Crippen LogP contribution in [0.1, 0.15) is 16.1 Å². The minimum atomic E-state index is -0.335. The summed E-state index contributed by atoms with van der Waals surface area (Å²) in [6, 6.07) is 19.3. The van der Waals surface area contributed by atoms with Gasteiger partial charge in [0, 0.05) is 11.1 Å². The highest BCUT2D eigenvalue weighted by molar-refractivity contribution is 5.90. The van der Waals surface area contributed by atoms with Crippen molar-refractivity contribution >= 4 is 5.97 Å². The molecule has 1 heterocycles. The summed E-state index contributed by atoms with van der Waals surface area (Å²) in [5.74, 6) is 1.35. The first kappa shape index (κ1) is 14.1. The van der Waals surface area contributed by atoms with Crippen molar-refractivity contribution in [1.82, 2.24) is 0 Å². The molecule has 0 radical (unpaired) electrons. The minimum absolute atomic E-state index is 0.335. The van der Waals surface area contributed by atoms with Crippen LogP contribution in [0, 0.1) is 6.92 Å². The van der Waals surface area contributed by atoms with Crippen LogP contribution in [0.2, 0.25) is 0 Å². The van der Waals surface area contributed by atoms with Gasteiger partial charge in [0.15, 0.2) is 0 Å². The van der Waals surface area contributed by atoms with E-state index in [1.54, 1.807) is 12.1 Å². The molecule has 0 saturated heterocycles. The van der Waals surface area contributed by atoms with E-state index in [0.29, 0.717) is 5.56 Å². The van der Waals surface area contributed by atoms with E-state index in [1.165, 1.54) is 7.11 Å². The van der Waals surface area contributed by atoms with E-state index in [1.807, 2.05) is 55.5 Å². The normalized spacial score (nSPS) is 10.5. The molecule has 2 aromatic carbocycles. The lowest BCUT2D eigenvalue weighted by atomic mass is 10.0. The molecule has 0 N–H and O–H groups in total. The third-order valence-electron chi connectivity index (χ3n) is 3.51. The Balaban J connectivity index is 2.04. The molecule has 0 aliphatic heterocycles. The van der Waals surface area contributed by atoms with Crippen molar-refractivity contribution in [3.05, 3.63) is 72.0 Å². The van der Waals surface area contributed by atoms with Gasteiger partial charge in [0.25, 0.3) is 0 Å². The van der Waals surface area contributed by atoms with Gasteiger partial charge in [0.05, 0.1) is 12.7 Å². The van der Waals surface area contributed by atoms with Gasteiger partial charge in [-0.05, 0) is 30.7 Å². The van der Waals surface area contributed by atoms with Crippen molar-refractivity contribution in [2.45, 2.75) is 6.92 Å². The van der Waals surface area contributed by atoms with Crippen molar-refractivity contribution in [2.75, 3.05) is 7.11 Å². The van der Waals surface area contributed by atoms with Gasteiger partial charge in [0.2, 0.25) is 0 Å². The Hall–Kier alpha value is -2.81. The number of methoxy groups -OCH3 is 1. The molecule has 0 fully saturated rings. The maximum Gasteiger partial charge on any atom is 0.337 e. The Bertz CT molecular complexity index is 783. The molecule has 3 heteroatoms. The molecule has 3 rings (SSSR count). The van der Waals surface area contributed by atoms with Crippen LogP contribution in [0.5, 0.6) is 0 Å². The zero-order valence-corrected chi connectivity index (χ0v) is 12.5. The fourth-order valence-corrected chi connectivity index (χ4v) is 2.44. The van der Waals surface area contributed by atoms with E-state index < -0.39 is 0 Å². The lowest BCUT2D eigenvalue weighted by Crippen LogP contribution is -2.00. The van der Waals surface area contributed by atoms with Gasteiger partial charge >= 0.3 is 5.97 Å². The van der Waals surface area contributed by atoms with Crippen LogP contribution >= 0.6 is 0 Å². The largest absolute Gasteiger partial charge is 0.465 e. The number of hydrogen-bond acceptors (Lipinski definition) is 3. The van der Waals surface area contributed by atoms with Crippen LogP contribution < -0.4 is 0 Å². The van der Waals surface area contributed by atoms with E-state index in [9.17, 15) is 4.79 Å². The lowest BCUT2D eigenvalue weighted by Gasteiger charge is -2.04. The highest BCUT2D eigenvalue weighted by Gasteiger charge is 2.14. The maximum atomic E-state index is 11.5. The summed E-state index contributed by atoms with van der Waals surface area (Å²) < 4.78 is 10.6. The Morgan fingerprint density at radius 3 is 2.27 bits per heavy atom. The number of carbonyl (C=O) groups is 1. The average Bonchev–Trinajstić information content (AvgIpc) is 2.97. The number of esters is 1. The minimum Gasteiger partial charge on any atom is -0.465 e. The Kier molecular flexibility index (Phi) is 3.79. The number of benzene rings is 2. The molecule has 22 heavy (non-hydrogen) atoms. The van der Waals surface area contributed by atoms with Gasteiger partial charge < -0.3 is 9.15 Å². The number of hydrogen-bond donors (Lipinski definition) is 0. The molecule has 110 valence electrons. The predicted molar refractivity (Wildman–Crippen MR) is 85.7 cm³/mol. The quantitative estimate of drug-likeness (QED) is 0.656. The topological polar surface area (TPSA) is 39.4 Å². The van der Waals surface area contributed by atoms with Gasteiger partial charge in [-0.2, -0.15) is 0 Å². The summed E-state index contributed by atoms with van der Waals surface area (Å²) in [5.41, 5.74) is 3.58.